The fraction of sp³-hybridized carbons (Fsp3) is 0.909. The fourth-order valence-corrected chi connectivity index (χ4v) is 5.18. The zero-order valence-corrected chi connectivity index (χ0v) is 26.1. The second kappa shape index (κ2) is 26.4. The minimum atomic E-state index is -0.654. The lowest BCUT2D eigenvalue weighted by Crippen LogP contribution is -2.15. The van der Waals surface area contributed by atoms with Crippen LogP contribution in [0.4, 0.5) is 0 Å². The van der Waals surface area contributed by atoms with E-state index in [1.807, 2.05) is 0 Å². The largest absolute Gasteiger partial charge is 0.393 e. The highest BCUT2D eigenvalue weighted by molar-refractivity contribution is 5.79. The summed E-state index contributed by atoms with van der Waals surface area (Å²) in [6.07, 6.45) is 11.9. The molecule has 0 aliphatic heterocycles. The molecule has 0 aromatic carbocycles. The van der Waals surface area contributed by atoms with Gasteiger partial charge in [-0.3, -0.25) is 14.4 Å². The molecule has 0 aromatic heterocycles. The molecule has 0 radical (unpaired) electrons. The molecule has 0 rings (SSSR count). The summed E-state index contributed by atoms with van der Waals surface area (Å²) in [4.78, 5) is 36.2. The Morgan fingerprint density at radius 2 is 0.780 bits per heavy atom. The highest BCUT2D eigenvalue weighted by Crippen LogP contribution is 2.15. The van der Waals surface area contributed by atoms with Gasteiger partial charge in [-0.05, 0) is 58.3 Å². The van der Waals surface area contributed by atoms with Crippen molar-refractivity contribution < 1.29 is 39.9 Å². The number of carbonyl (C=O) groups is 3. The zero-order chi connectivity index (χ0) is 30.9. The molecule has 0 heterocycles. The summed E-state index contributed by atoms with van der Waals surface area (Å²) < 4.78 is 0. The lowest BCUT2D eigenvalue weighted by Gasteiger charge is -2.12. The van der Waals surface area contributed by atoms with Gasteiger partial charge in [-0.15, -0.1) is 0 Å². The van der Waals surface area contributed by atoms with Crippen molar-refractivity contribution in [2.24, 2.45) is 0 Å². The van der Waals surface area contributed by atoms with E-state index in [0.29, 0.717) is 57.8 Å². The van der Waals surface area contributed by atoms with Crippen molar-refractivity contribution in [1.82, 2.24) is 0 Å². The van der Waals surface area contributed by atoms with Crippen molar-refractivity contribution in [3.8, 4) is 0 Å². The van der Waals surface area contributed by atoms with Crippen molar-refractivity contribution in [1.29, 1.82) is 0 Å². The van der Waals surface area contributed by atoms with Gasteiger partial charge in [-0.1, -0.05) is 64.7 Å². The molecule has 0 amide bonds. The molecule has 0 saturated heterocycles. The first-order chi connectivity index (χ1) is 19.5. The quantitative estimate of drug-likeness (QED) is 0.0691. The normalized spacial score (nSPS) is 15.3. The van der Waals surface area contributed by atoms with E-state index in [1.54, 1.807) is 6.92 Å². The van der Waals surface area contributed by atoms with Crippen LogP contribution in [0.25, 0.3) is 0 Å². The van der Waals surface area contributed by atoms with Gasteiger partial charge in [-0.25, -0.2) is 0 Å². The van der Waals surface area contributed by atoms with Crippen LogP contribution >= 0.6 is 0 Å². The van der Waals surface area contributed by atoms with Crippen LogP contribution in [0.15, 0.2) is 0 Å². The predicted molar refractivity (Wildman–Crippen MR) is 163 cm³/mol. The molecule has 0 aliphatic carbocycles. The Balaban J connectivity index is 3.69. The number of Topliss-reactive ketones (excluding diaryl/α,β-unsaturated/α-hetero) is 3. The van der Waals surface area contributed by atoms with Gasteiger partial charge in [0.05, 0.1) is 30.5 Å². The van der Waals surface area contributed by atoms with Crippen molar-refractivity contribution in [3.05, 3.63) is 0 Å². The number of ketones is 3. The summed E-state index contributed by atoms with van der Waals surface area (Å²) in [5.41, 5.74) is 0. The number of rotatable bonds is 30. The van der Waals surface area contributed by atoms with E-state index in [4.69, 9.17) is 0 Å². The number of aliphatic hydroxyl groups excluding tert-OH is 5. The van der Waals surface area contributed by atoms with Crippen molar-refractivity contribution in [2.75, 3.05) is 0 Å². The van der Waals surface area contributed by atoms with E-state index in [1.165, 1.54) is 0 Å². The van der Waals surface area contributed by atoms with Crippen LogP contribution in [0.3, 0.4) is 0 Å². The second-order valence-electron chi connectivity index (χ2n) is 12.2. The molecule has 0 fully saturated rings. The molecule has 41 heavy (non-hydrogen) atoms. The van der Waals surface area contributed by atoms with Crippen molar-refractivity contribution >= 4 is 17.3 Å². The molecule has 5 N–H and O–H groups in total. The number of carbonyl (C=O) groups excluding carboxylic acids is 3. The summed E-state index contributed by atoms with van der Waals surface area (Å²) in [5.74, 6) is 0.186. The first-order valence-corrected chi connectivity index (χ1v) is 16.5. The van der Waals surface area contributed by atoms with Crippen molar-refractivity contribution in [2.45, 2.75) is 192 Å². The maximum atomic E-state index is 12.2. The van der Waals surface area contributed by atoms with Gasteiger partial charge in [0.25, 0.3) is 0 Å². The van der Waals surface area contributed by atoms with E-state index in [2.05, 4.69) is 6.92 Å². The average molecular weight is 587 g/mol. The van der Waals surface area contributed by atoms with Gasteiger partial charge in [-0.2, -0.15) is 0 Å². The number of unbranched alkanes of at least 4 members (excludes halogenated alkanes) is 8. The number of aliphatic hydroxyl groups is 5. The molecule has 0 bridgehead atoms. The molecular formula is C33H62O8. The van der Waals surface area contributed by atoms with Gasteiger partial charge in [0, 0.05) is 38.5 Å². The molecule has 0 saturated carbocycles. The van der Waals surface area contributed by atoms with E-state index >= 15 is 0 Å². The Morgan fingerprint density at radius 1 is 0.463 bits per heavy atom. The summed E-state index contributed by atoms with van der Waals surface area (Å²) >= 11 is 0. The molecule has 5 atom stereocenters. The highest BCUT2D eigenvalue weighted by Gasteiger charge is 2.14. The van der Waals surface area contributed by atoms with Crippen LogP contribution in [0.1, 0.15) is 162 Å². The Hall–Kier alpha value is -1.19. The number of hydrogen-bond acceptors (Lipinski definition) is 8. The van der Waals surface area contributed by atoms with Crippen LogP contribution in [-0.4, -0.2) is 73.4 Å². The highest BCUT2D eigenvalue weighted by atomic mass is 16.3. The van der Waals surface area contributed by atoms with E-state index in [-0.39, 0.29) is 36.6 Å². The van der Waals surface area contributed by atoms with Crippen LogP contribution in [0, 0.1) is 0 Å². The van der Waals surface area contributed by atoms with E-state index in [9.17, 15) is 39.9 Å². The minimum Gasteiger partial charge on any atom is -0.393 e. The lowest BCUT2D eigenvalue weighted by atomic mass is 9.99. The molecule has 0 aromatic rings. The third-order valence-electron chi connectivity index (χ3n) is 7.62. The lowest BCUT2D eigenvalue weighted by molar-refractivity contribution is -0.122. The predicted octanol–water partition coefficient (Wildman–Crippen LogP) is 5.51. The molecule has 242 valence electrons. The van der Waals surface area contributed by atoms with Gasteiger partial charge in [0.15, 0.2) is 0 Å². The summed E-state index contributed by atoms with van der Waals surface area (Å²) in [5, 5.41) is 49.2. The topological polar surface area (TPSA) is 152 Å². The molecule has 0 unspecified atom stereocenters. The van der Waals surface area contributed by atoms with E-state index in [0.717, 1.165) is 70.6 Å². The van der Waals surface area contributed by atoms with Crippen LogP contribution < -0.4 is 0 Å². The third kappa shape index (κ3) is 27.4. The molecule has 8 heteroatoms. The fourth-order valence-electron chi connectivity index (χ4n) is 5.18. The molecule has 0 aliphatic rings. The van der Waals surface area contributed by atoms with Gasteiger partial charge < -0.3 is 25.5 Å². The minimum absolute atomic E-state index is 0.0406. The first-order valence-electron chi connectivity index (χ1n) is 16.5. The maximum Gasteiger partial charge on any atom is 0.135 e. The number of hydrogen-bond donors (Lipinski definition) is 5. The third-order valence-corrected chi connectivity index (χ3v) is 7.62. The SMILES string of the molecule is CCCCC[C@@H](O)CC(=O)CCCCC[C@@H](O)CC(=O)CCCCC[C@@H](O)CC(=O)CCCCC[C@@H](O)C[C@H](C)O. The Bertz CT molecular complexity index is 666. The van der Waals surface area contributed by atoms with Gasteiger partial charge in [0.1, 0.15) is 17.3 Å². The summed E-state index contributed by atoms with van der Waals surface area (Å²) in [7, 11) is 0. The van der Waals surface area contributed by atoms with Crippen LogP contribution in [0.2, 0.25) is 0 Å². The zero-order valence-electron chi connectivity index (χ0n) is 26.1. The van der Waals surface area contributed by atoms with Crippen LogP contribution in [0.5, 0.6) is 0 Å². The summed E-state index contributed by atoms with van der Waals surface area (Å²) in [6, 6.07) is 0. The van der Waals surface area contributed by atoms with E-state index < -0.39 is 30.5 Å². The Kier molecular flexibility index (Phi) is 25.7. The molecule has 0 spiro atoms. The Morgan fingerprint density at radius 3 is 1.10 bits per heavy atom. The maximum absolute atomic E-state index is 12.2. The monoisotopic (exact) mass is 586 g/mol. The molecule has 8 nitrogen and oxygen atoms in total. The van der Waals surface area contributed by atoms with Crippen LogP contribution in [-0.2, 0) is 14.4 Å². The molecular weight excluding hydrogens is 524 g/mol. The smallest absolute Gasteiger partial charge is 0.135 e. The average Bonchev–Trinajstić information content (AvgIpc) is 2.87. The van der Waals surface area contributed by atoms with Crippen molar-refractivity contribution in [3.63, 3.8) is 0 Å². The Labute approximate surface area is 249 Å². The first kappa shape index (κ1) is 39.8. The van der Waals surface area contributed by atoms with Gasteiger partial charge in [0.2, 0.25) is 0 Å². The standard InChI is InChI=1S/C33H62O8/c1-3-4-8-15-28(36)23-29(37)18-11-6-12-19-32(40)25-33(41)21-14-7-13-20-31(39)24-30(38)17-10-5-9-16-27(35)22-26(2)34/h26-28,31-32,34-36,39-40H,3-25H2,1-2H3/t26-,27+,28+,31+,32+/m0/s1. The summed E-state index contributed by atoms with van der Waals surface area (Å²) in [6.45, 7) is 3.76. The second-order valence-corrected chi connectivity index (χ2v) is 12.2. The van der Waals surface area contributed by atoms with Gasteiger partial charge >= 0.3 is 0 Å².